The van der Waals surface area contributed by atoms with Gasteiger partial charge < -0.3 is 10.3 Å². The lowest BCUT2D eigenvalue weighted by Gasteiger charge is -2.20. The Morgan fingerprint density at radius 2 is 1.57 bits per heavy atom. The minimum Gasteiger partial charge on any atom is -0.341 e. The van der Waals surface area contributed by atoms with Gasteiger partial charge in [0.25, 0.3) is 5.91 Å². The first-order valence-corrected chi connectivity index (χ1v) is 8.85. The summed E-state index contributed by atoms with van der Waals surface area (Å²) in [6.45, 7) is 0. The maximum atomic E-state index is 13.8. The van der Waals surface area contributed by atoms with Gasteiger partial charge in [0, 0.05) is 17.0 Å². The predicted octanol–water partition coefficient (Wildman–Crippen LogP) is 4.19. The van der Waals surface area contributed by atoms with Crippen molar-refractivity contribution in [1.82, 2.24) is 10.3 Å². The van der Waals surface area contributed by atoms with Gasteiger partial charge in [-0.25, -0.2) is 4.39 Å². The first-order valence-electron chi connectivity index (χ1n) is 8.85. The second-order valence-electron chi connectivity index (χ2n) is 6.47. The molecule has 0 spiro atoms. The van der Waals surface area contributed by atoms with E-state index in [-0.39, 0.29) is 16.9 Å². The Morgan fingerprint density at radius 1 is 0.857 bits per heavy atom. The Bertz CT molecular complexity index is 1200. The third-order valence-electron chi connectivity index (χ3n) is 4.59. The van der Waals surface area contributed by atoms with Crippen molar-refractivity contribution in [2.24, 2.45) is 0 Å². The summed E-state index contributed by atoms with van der Waals surface area (Å²) in [4.78, 5) is 27.8. The molecule has 28 heavy (non-hydrogen) atoms. The van der Waals surface area contributed by atoms with Gasteiger partial charge in [-0.1, -0.05) is 60.7 Å². The highest BCUT2D eigenvalue weighted by Gasteiger charge is 2.20. The van der Waals surface area contributed by atoms with Crippen molar-refractivity contribution >= 4 is 16.8 Å². The SMILES string of the molecule is O=C(NC(c1ccccc1)c1cccc(F)c1)c1cc(=O)[nH]c2ccccc12. The van der Waals surface area contributed by atoms with Crippen molar-refractivity contribution in [2.75, 3.05) is 0 Å². The minimum atomic E-state index is -0.553. The van der Waals surface area contributed by atoms with Crippen molar-refractivity contribution in [1.29, 1.82) is 0 Å². The fraction of sp³-hybridized carbons (Fsp3) is 0.0435. The molecule has 4 rings (SSSR count). The molecule has 2 N–H and O–H groups in total. The van der Waals surface area contributed by atoms with Crippen LogP contribution in [0.25, 0.3) is 10.9 Å². The van der Waals surface area contributed by atoms with Crippen LogP contribution in [0.4, 0.5) is 4.39 Å². The topological polar surface area (TPSA) is 62.0 Å². The number of aromatic nitrogens is 1. The average molecular weight is 372 g/mol. The lowest BCUT2D eigenvalue weighted by Crippen LogP contribution is -2.30. The number of fused-ring (bicyclic) bond motifs is 1. The van der Waals surface area contributed by atoms with Gasteiger partial charge in [-0.3, -0.25) is 9.59 Å². The second kappa shape index (κ2) is 7.48. The summed E-state index contributed by atoms with van der Waals surface area (Å²) in [7, 11) is 0. The Hall–Kier alpha value is -3.73. The number of hydrogen-bond donors (Lipinski definition) is 2. The van der Waals surface area contributed by atoms with Crippen molar-refractivity contribution < 1.29 is 9.18 Å². The zero-order chi connectivity index (χ0) is 19.5. The molecule has 0 fully saturated rings. The third-order valence-corrected chi connectivity index (χ3v) is 4.59. The summed E-state index contributed by atoms with van der Waals surface area (Å²) < 4.78 is 13.8. The van der Waals surface area contributed by atoms with Gasteiger partial charge in [0.2, 0.25) is 5.56 Å². The summed E-state index contributed by atoms with van der Waals surface area (Å²) in [6, 6.07) is 23.3. The molecular weight excluding hydrogens is 355 g/mol. The van der Waals surface area contributed by atoms with Crippen molar-refractivity contribution in [3.8, 4) is 0 Å². The first kappa shape index (κ1) is 17.7. The molecule has 0 saturated heterocycles. The Morgan fingerprint density at radius 3 is 2.36 bits per heavy atom. The van der Waals surface area contributed by atoms with Crippen LogP contribution in [0.2, 0.25) is 0 Å². The third kappa shape index (κ3) is 3.55. The summed E-state index contributed by atoms with van der Waals surface area (Å²) in [5.74, 6) is -0.783. The molecule has 1 atom stereocenters. The van der Waals surface area contributed by atoms with Gasteiger partial charge >= 0.3 is 0 Å². The van der Waals surface area contributed by atoms with Crippen LogP contribution in [0.3, 0.4) is 0 Å². The van der Waals surface area contributed by atoms with Crippen LogP contribution in [0.1, 0.15) is 27.5 Å². The molecule has 0 saturated carbocycles. The van der Waals surface area contributed by atoms with Gasteiger partial charge in [-0.05, 0) is 29.3 Å². The molecule has 4 aromatic rings. The van der Waals surface area contributed by atoms with Crippen LogP contribution in [0, 0.1) is 5.82 Å². The number of hydrogen-bond acceptors (Lipinski definition) is 2. The number of amides is 1. The Kier molecular flexibility index (Phi) is 4.72. The summed E-state index contributed by atoms with van der Waals surface area (Å²) in [6.07, 6.45) is 0. The van der Waals surface area contributed by atoms with E-state index in [1.807, 2.05) is 30.3 Å². The lowest BCUT2D eigenvalue weighted by molar-refractivity contribution is 0.0944. The van der Waals surface area contributed by atoms with Crippen LogP contribution in [0.5, 0.6) is 0 Å². The molecule has 1 unspecified atom stereocenters. The summed E-state index contributed by atoms with van der Waals surface area (Å²) in [5.41, 5.74) is 1.94. The minimum absolute atomic E-state index is 0.275. The monoisotopic (exact) mass is 372 g/mol. The lowest BCUT2D eigenvalue weighted by atomic mass is 9.98. The molecule has 138 valence electrons. The average Bonchev–Trinajstić information content (AvgIpc) is 2.71. The van der Waals surface area contributed by atoms with E-state index >= 15 is 0 Å². The molecule has 0 aliphatic heterocycles. The number of rotatable bonds is 4. The molecule has 1 heterocycles. The first-order chi connectivity index (χ1) is 13.6. The maximum Gasteiger partial charge on any atom is 0.252 e. The normalized spacial score (nSPS) is 11.9. The molecule has 5 heteroatoms. The molecule has 0 radical (unpaired) electrons. The molecule has 0 aliphatic carbocycles. The number of H-pyrrole nitrogens is 1. The maximum absolute atomic E-state index is 13.8. The molecule has 0 bridgehead atoms. The summed E-state index contributed by atoms with van der Waals surface area (Å²) in [5, 5.41) is 3.60. The van der Waals surface area contributed by atoms with E-state index in [9.17, 15) is 14.0 Å². The summed E-state index contributed by atoms with van der Waals surface area (Å²) >= 11 is 0. The van der Waals surface area contributed by atoms with E-state index in [0.717, 1.165) is 5.56 Å². The van der Waals surface area contributed by atoms with Gasteiger partial charge in [-0.15, -0.1) is 0 Å². The van der Waals surface area contributed by atoms with E-state index in [1.54, 1.807) is 36.4 Å². The zero-order valence-corrected chi connectivity index (χ0v) is 14.9. The second-order valence-corrected chi connectivity index (χ2v) is 6.47. The molecule has 1 amide bonds. The van der Waals surface area contributed by atoms with E-state index in [2.05, 4.69) is 10.3 Å². The van der Waals surface area contributed by atoms with Gasteiger partial charge in [0.1, 0.15) is 5.82 Å². The quantitative estimate of drug-likeness (QED) is 0.564. The van der Waals surface area contributed by atoms with Crippen molar-refractivity contribution in [2.45, 2.75) is 6.04 Å². The number of para-hydroxylation sites is 1. The van der Waals surface area contributed by atoms with Gasteiger partial charge in [0.15, 0.2) is 0 Å². The van der Waals surface area contributed by atoms with E-state index in [4.69, 9.17) is 0 Å². The molecule has 4 nitrogen and oxygen atoms in total. The number of halogens is 1. The van der Waals surface area contributed by atoms with Gasteiger partial charge in [-0.2, -0.15) is 0 Å². The number of aromatic amines is 1. The highest BCUT2D eigenvalue weighted by atomic mass is 19.1. The molecule has 1 aromatic heterocycles. The number of carbonyl (C=O) groups excluding carboxylic acids is 1. The zero-order valence-electron chi connectivity index (χ0n) is 14.9. The predicted molar refractivity (Wildman–Crippen MR) is 107 cm³/mol. The smallest absolute Gasteiger partial charge is 0.252 e. The highest BCUT2D eigenvalue weighted by Crippen LogP contribution is 2.24. The number of nitrogens with one attached hydrogen (secondary N) is 2. The number of pyridine rings is 1. The van der Waals surface area contributed by atoms with Crippen LogP contribution in [0.15, 0.2) is 89.7 Å². The van der Waals surface area contributed by atoms with E-state index in [0.29, 0.717) is 16.5 Å². The van der Waals surface area contributed by atoms with Crippen molar-refractivity contribution in [3.05, 3.63) is 118 Å². The Labute approximate surface area is 160 Å². The highest BCUT2D eigenvalue weighted by molar-refractivity contribution is 6.06. The molecular formula is C23H17FN2O2. The van der Waals surface area contributed by atoms with E-state index < -0.39 is 11.9 Å². The number of benzene rings is 3. The fourth-order valence-electron chi connectivity index (χ4n) is 3.29. The fourth-order valence-corrected chi connectivity index (χ4v) is 3.29. The molecule has 0 aliphatic rings. The standard InChI is InChI=1S/C23H17FN2O2/c24-17-10-6-9-16(13-17)22(15-7-2-1-3-8-15)26-23(28)19-14-21(27)25-20-12-5-4-11-18(19)20/h1-14,22H,(H,25,27)(H,26,28). The van der Waals surface area contributed by atoms with Crippen LogP contribution in [-0.4, -0.2) is 10.9 Å². The van der Waals surface area contributed by atoms with Gasteiger partial charge in [0.05, 0.1) is 11.6 Å². The van der Waals surface area contributed by atoms with E-state index in [1.165, 1.54) is 18.2 Å². The number of carbonyl (C=O) groups is 1. The van der Waals surface area contributed by atoms with Crippen LogP contribution in [-0.2, 0) is 0 Å². The van der Waals surface area contributed by atoms with Crippen LogP contribution >= 0.6 is 0 Å². The van der Waals surface area contributed by atoms with Crippen LogP contribution < -0.4 is 10.9 Å². The Balaban J connectivity index is 1.78. The molecule has 3 aromatic carbocycles. The van der Waals surface area contributed by atoms with Crippen molar-refractivity contribution in [3.63, 3.8) is 0 Å². The largest absolute Gasteiger partial charge is 0.341 e.